The summed E-state index contributed by atoms with van der Waals surface area (Å²) in [5.41, 5.74) is -0.865. The summed E-state index contributed by atoms with van der Waals surface area (Å²) in [6.07, 6.45) is -5.18. The van der Waals surface area contributed by atoms with Crippen molar-refractivity contribution in [3.8, 4) is 0 Å². The smallest absolute Gasteiger partial charge is 0.187 e. The molecule has 0 aliphatic carbocycles. The van der Waals surface area contributed by atoms with E-state index in [4.69, 9.17) is 9.47 Å². The van der Waals surface area contributed by atoms with Gasteiger partial charge in [-0.05, 0) is 26.2 Å². The van der Waals surface area contributed by atoms with E-state index in [0.29, 0.717) is 0 Å². The van der Waals surface area contributed by atoms with Crippen molar-refractivity contribution in [1.82, 2.24) is 0 Å². The van der Waals surface area contributed by atoms with Gasteiger partial charge in [0.15, 0.2) is 6.29 Å². The van der Waals surface area contributed by atoms with Gasteiger partial charge in [0.05, 0.1) is 11.7 Å². The van der Waals surface area contributed by atoms with Crippen LogP contribution in [0.15, 0.2) is 0 Å². The third-order valence-electron chi connectivity index (χ3n) is 2.89. The molecule has 0 amide bonds. The van der Waals surface area contributed by atoms with Gasteiger partial charge in [-0.25, -0.2) is 0 Å². The van der Waals surface area contributed by atoms with Crippen molar-refractivity contribution in [3.63, 3.8) is 0 Å². The molecule has 18 heavy (non-hydrogen) atoms. The van der Waals surface area contributed by atoms with Crippen molar-refractivity contribution in [2.45, 2.75) is 77.8 Å². The standard InChI is InChI=1S/C13H26O5/c1-12(2,3)10-8(15)7(14)9(16)11(17-10)18-13(4,5)6/h7-11,14-16H,1-6H3/t7-,8-,9?,10?,11+/m0/s1. The van der Waals surface area contributed by atoms with E-state index in [1.165, 1.54) is 0 Å². The van der Waals surface area contributed by atoms with E-state index in [9.17, 15) is 15.3 Å². The number of ether oxygens (including phenoxy) is 2. The van der Waals surface area contributed by atoms with E-state index >= 15 is 0 Å². The van der Waals surface area contributed by atoms with Gasteiger partial charge < -0.3 is 24.8 Å². The van der Waals surface area contributed by atoms with Gasteiger partial charge in [0.1, 0.15) is 18.3 Å². The molecule has 1 saturated heterocycles. The van der Waals surface area contributed by atoms with E-state index < -0.39 is 36.3 Å². The highest BCUT2D eigenvalue weighted by Gasteiger charge is 2.49. The van der Waals surface area contributed by atoms with Crippen molar-refractivity contribution in [2.24, 2.45) is 5.41 Å². The van der Waals surface area contributed by atoms with Gasteiger partial charge in [0.2, 0.25) is 0 Å². The third kappa shape index (κ3) is 3.65. The van der Waals surface area contributed by atoms with Crippen LogP contribution in [-0.4, -0.2) is 51.6 Å². The minimum atomic E-state index is -1.27. The van der Waals surface area contributed by atoms with Crippen LogP contribution in [0.25, 0.3) is 0 Å². The molecule has 2 unspecified atom stereocenters. The largest absolute Gasteiger partial charge is 0.388 e. The highest BCUT2D eigenvalue weighted by atomic mass is 16.7. The predicted molar refractivity (Wildman–Crippen MR) is 67.0 cm³/mol. The van der Waals surface area contributed by atoms with Crippen LogP contribution in [0.3, 0.4) is 0 Å². The summed E-state index contributed by atoms with van der Waals surface area (Å²) in [6.45, 7) is 11.2. The first-order chi connectivity index (χ1) is 7.93. The van der Waals surface area contributed by atoms with Crippen molar-refractivity contribution in [1.29, 1.82) is 0 Å². The molecule has 5 heteroatoms. The van der Waals surface area contributed by atoms with Crippen LogP contribution in [0.2, 0.25) is 0 Å². The maximum Gasteiger partial charge on any atom is 0.187 e. The molecule has 5 atom stereocenters. The number of aliphatic hydroxyl groups is 3. The van der Waals surface area contributed by atoms with Gasteiger partial charge in [0.25, 0.3) is 0 Å². The lowest BCUT2D eigenvalue weighted by Crippen LogP contribution is -2.62. The Labute approximate surface area is 109 Å². The summed E-state index contributed by atoms with van der Waals surface area (Å²) < 4.78 is 11.2. The molecule has 1 fully saturated rings. The summed E-state index contributed by atoms with van der Waals surface area (Å²) >= 11 is 0. The Kier molecular flexibility index (Phi) is 4.45. The predicted octanol–water partition coefficient (Wildman–Crippen LogP) is 0.655. The summed E-state index contributed by atoms with van der Waals surface area (Å²) in [7, 11) is 0. The van der Waals surface area contributed by atoms with E-state index in [1.54, 1.807) is 0 Å². The zero-order valence-corrected chi connectivity index (χ0v) is 12.0. The fourth-order valence-electron chi connectivity index (χ4n) is 2.01. The minimum absolute atomic E-state index is 0.361. The summed E-state index contributed by atoms with van der Waals surface area (Å²) in [6, 6.07) is 0. The topological polar surface area (TPSA) is 79.2 Å². The molecule has 1 rings (SSSR count). The molecule has 0 aromatic heterocycles. The molecular weight excluding hydrogens is 236 g/mol. The molecule has 1 heterocycles. The first-order valence-corrected chi connectivity index (χ1v) is 6.31. The second-order valence-electron chi connectivity index (χ2n) is 6.99. The molecule has 0 radical (unpaired) electrons. The van der Waals surface area contributed by atoms with Crippen LogP contribution in [0.1, 0.15) is 41.5 Å². The van der Waals surface area contributed by atoms with Gasteiger partial charge in [-0.1, -0.05) is 20.8 Å². The van der Waals surface area contributed by atoms with E-state index in [1.807, 2.05) is 41.5 Å². The Balaban J connectivity index is 2.88. The normalized spacial score (nSPS) is 38.8. The Morgan fingerprint density at radius 3 is 1.72 bits per heavy atom. The Morgan fingerprint density at radius 2 is 1.33 bits per heavy atom. The maximum absolute atomic E-state index is 9.97. The highest BCUT2D eigenvalue weighted by molar-refractivity contribution is 4.94. The van der Waals surface area contributed by atoms with Crippen molar-refractivity contribution in [3.05, 3.63) is 0 Å². The molecule has 1 aliphatic rings. The molecule has 5 nitrogen and oxygen atoms in total. The van der Waals surface area contributed by atoms with Crippen molar-refractivity contribution < 1.29 is 24.8 Å². The Bertz CT molecular complexity index is 276. The second kappa shape index (κ2) is 5.06. The molecule has 0 saturated carbocycles. The molecule has 0 spiro atoms. The fourth-order valence-corrected chi connectivity index (χ4v) is 2.01. The average Bonchev–Trinajstić information content (AvgIpc) is 2.15. The Hall–Kier alpha value is -0.200. The lowest BCUT2D eigenvalue weighted by Gasteiger charge is -2.46. The SMILES string of the molecule is CC(C)(C)O[C@H]1OC(C(C)(C)C)[C@@H](O)[C@H](O)C1O. The highest BCUT2D eigenvalue weighted by Crippen LogP contribution is 2.34. The lowest BCUT2D eigenvalue weighted by atomic mass is 9.81. The lowest BCUT2D eigenvalue weighted by molar-refractivity contribution is -0.330. The summed E-state index contributed by atoms with van der Waals surface area (Å²) in [4.78, 5) is 0. The minimum Gasteiger partial charge on any atom is -0.388 e. The zero-order valence-electron chi connectivity index (χ0n) is 12.0. The monoisotopic (exact) mass is 262 g/mol. The van der Waals surface area contributed by atoms with Gasteiger partial charge >= 0.3 is 0 Å². The molecule has 3 N–H and O–H groups in total. The summed E-state index contributed by atoms with van der Waals surface area (Å²) in [5, 5.41) is 29.8. The second-order valence-corrected chi connectivity index (χ2v) is 6.99. The Morgan fingerprint density at radius 1 is 0.833 bits per heavy atom. The van der Waals surface area contributed by atoms with Crippen LogP contribution < -0.4 is 0 Å². The average molecular weight is 262 g/mol. The molecule has 1 aliphatic heterocycles. The van der Waals surface area contributed by atoms with Crippen LogP contribution in [0.4, 0.5) is 0 Å². The van der Waals surface area contributed by atoms with Gasteiger partial charge in [-0.2, -0.15) is 0 Å². The van der Waals surface area contributed by atoms with Crippen molar-refractivity contribution >= 4 is 0 Å². The van der Waals surface area contributed by atoms with Crippen LogP contribution >= 0.6 is 0 Å². The first kappa shape index (κ1) is 15.9. The number of aliphatic hydroxyl groups excluding tert-OH is 3. The van der Waals surface area contributed by atoms with E-state index in [2.05, 4.69) is 0 Å². The summed E-state index contributed by atoms with van der Waals surface area (Å²) in [5.74, 6) is 0. The molecule has 108 valence electrons. The van der Waals surface area contributed by atoms with Crippen LogP contribution in [-0.2, 0) is 9.47 Å². The molecular formula is C13H26O5. The molecule has 0 aromatic rings. The maximum atomic E-state index is 9.97. The van der Waals surface area contributed by atoms with E-state index in [-0.39, 0.29) is 5.41 Å². The van der Waals surface area contributed by atoms with Gasteiger partial charge in [-0.15, -0.1) is 0 Å². The number of hydrogen-bond donors (Lipinski definition) is 3. The quantitative estimate of drug-likeness (QED) is 0.647. The molecule has 0 aromatic carbocycles. The van der Waals surface area contributed by atoms with Crippen molar-refractivity contribution in [2.75, 3.05) is 0 Å². The third-order valence-corrected chi connectivity index (χ3v) is 2.89. The fraction of sp³-hybridized carbons (Fsp3) is 1.00. The van der Waals surface area contributed by atoms with Crippen LogP contribution in [0, 0.1) is 5.41 Å². The van der Waals surface area contributed by atoms with Crippen LogP contribution in [0.5, 0.6) is 0 Å². The first-order valence-electron chi connectivity index (χ1n) is 6.31. The molecule has 0 bridgehead atoms. The van der Waals surface area contributed by atoms with E-state index in [0.717, 1.165) is 0 Å². The van der Waals surface area contributed by atoms with Gasteiger partial charge in [0, 0.05) is 0 Å². The number of rotatable bonds is 1. The number of hydrogen-bond acceptors (Lipinski definition) is 5. The van der Waals surface area contributed by atoms with Gasteiger partial charge in [-0.3, -0.25) is 0 Å². The zero-order chi connectivity index (χ0) is 14.3.